The molecule has 13 heavy (non-hydrogen) atoms. The summed E-state index contributed by atoms with van der Waals surface area (Å²) in [5.74, 6) is 0.832. The Bertz CT molecular complexity index is 481. The van der Waals surface area contributed by atoms with E-state index in [-0.39, 0.29) is 0 Å². The van der Waals surface area contributed by atoms with Gasteiger partial charge in [0.15, 0.2) is 0 Å². The fraction of sp³-hybridized carbons (Fsp3) is 0.100. The van der Waals surface area contributed by atoms with Crippen LogP contribution in [0.3, 0.4) is 0 Å². The van der Waals surface area contributed by atoms with E-state index in [9.17, 15) is 0 Å². The number of fused-ring (bicyclic) bond motifs is 1. The molecule has 0 radical (unpaired) electrons. The highest BCUT2D eigenvalue weighted by molar-refractivity contribution is 7.17. The van der Waals surface area contributed by atoms with E-state index in [0.29, 0.717) is 0 Å². The lowest BCUT2D eigenvalue weighted by molar-refractivity contribution is 0.415. The lowest BCUT2D eigenvalue weighted by Crippen LogP contribution is -1.80. The quantitative estimate of drug-likeness (QED) is 0.691. The third-order valence-corrected chi connectivity index (χ3v) is 2.85. The van der Waals surface area contributed by atoms with Gasteiger partial charge < -0.3 is 4.74 Å². The zero-order valence-corrected chi connectivity index (χ0v) is 7.89. The maximum absolute atomic E-state index is 8.78. The number of ether oxygens (including phenoxy) is 1. The van der Waals surface area contributed by atoms with Crippen molar-refractivity contribution in [3.05, 3.63) is 29.1 Å². The summed E-state index contributed by atoms with van der Waals surface area (Å²) in [5, 5.41) is 11.6. The largest absolute Gasteiger partial charge is 0.497 e. The zero-order chi connectivity index (χ0) is 9.26. The summed E-state index contributed by atoms with van der Waals surface area (Å²) in [6, 6.07) is 7.89. The van der Waals surface area contributed by atoms with Gasteiger partial charge in [0.1, 0.15) is 11.8 Å². The molecule has 0 saturated carbocycles. The summed E-state index contributed by atoms with van der Waals surface area (Å²) >= 11 is 1.57. The summed E-state index contributed by atoms with van der Waals surface area (Å²) in [7, 11) is 1.64. The summed E-state index contributed by atoms with van der Waals surface area (Å²) in [5.41, 5.74) is 0.739. The third-order valence-electron chi connectivity index (χ3n) is 1.90. The van der Waals surface area contributed by atoms with Crippen molar-refractivity contribution in [2.45, 2.75) is 0 Å². The molecular formula is C10H7NOS. The number of hydrogen-bond acceptors (Lipinski definition) is 3. The monoisotopic (exact) mass is 189 g/mol. The van der Waals surface area contributed by atoms with Crippen LogP contribution in [0.25, 0.3) is 10.1 Å². The number of methoxy groups -OCH3 is 1. The van der Waals surface area contributed by atoms with Crippen LogP contribution >= 0.6 is 11.3 Å². The van der Waals surface area contributed by atoms with Crippen molar-refractivity contribution in [3.8, 4) is 11.8 Å². The second-order valence-corrected chi connectivity index (χ2v) is 3.53. The Morgan fingerprint density at radius 1 is 1.46 bits per heavy atom. The van der Waals surface area contributed by atoms with Crippen molar-refractivity contribution < 1.29 is 4.74 Å². The van der Waals surface area contributed by atoms with Crippen LogP contribution in [0.15, 0.2) is 23.6 Å². The van der Waals surface area contributed by atoms with E-state index in [1.165, 1.54) is 0 Å². The summed E-state index contributed by atoms with van der Waals surface area (Å²) in [6.45, 7) is 0. The lowest BCUT2D eigenvalue weighted by Gasteiger charge is -1.97. The molecule has 0 spiro atoms. The van der Waals surface area contributed by atoms with Crippen LogP contribution in [0.5, 0.6) is 5.75 Å². The van der Waals surface area contributed by atoms with Gasteiger partial charge in [-0.2, -0.15) is 5.26 Å². The Hall–Kier alpha value is -1.53. The molecule has 0 aliphatic carbocycles. The highest BCUT2D eigenvalue weighted by Crippen LogP contribution is 2.28. The van der Waals surface area contributed by atoms with Crippen LogP contribution in [-0.4, -0.2) is 7.11 Å². The molecule has 0 saturated heterocycles. The van der Waals surface area contributed by atoms with Crippen LogP contribution in [0.1, 0.15) is 5.56 Å². The van der Waals surface area contributed by atoms with Gasteiger partial charge in [0.05, 0.1) is 12.7 Å². The zero-order valence-electron chi connectivity index (χ0n) is 7.07. The van der Waals surface area contributed by atoms with E-state index >= 15 is 0 Å². The summed E-state index contributed by atoms with van der Waals surface area (Å²) < 4.78 is 6.18. The van der Waals surface area contributed by atoms with Gasteiger partial charge in [-0.15, -0.1) is 11.3 Å². The van der Waals surface area contributed by atoms with Crippen molar-refractivity contribution in [1.82, 2.24) is 0 Å². The van der Waals surface area contributed by atoms with E-state index in [1.807, 2.05) is 23.6 Å². The summed E-state index contributed by atoms with van der Waals surface area (Å²) in [6.07, 6.45) is 0. The van der Waals surface area contributed by atoms with E-state index < -0.39 is 0 Å². The van der Waals surface area contributed by atoms with Gasteiger partial charge in [-0.25, -0.2) is 0 Å². The second-order valence-electron chi connectivity index (χ2n) is 2.62. The molecule has 0 atom stereocenters. The van der Waals surface area contributed by atoms with E-state index in [1.54, 1.807) is 18.4 Å². The number of thiophene rings is 1. The van der Waals surface area contributed by atoms with Crippen molar-refractivity contribution in [1.29, 1.82) is 5.26 Å². The Morgan fingerprint density at radius 2 is 2.31 bits per heavy atom. The van der Waals surface area contributed by atoms with Crippen molar-refractivity contribution >= 4 is 21.4 Å². The first-order valence-corrected chi connectivity index (χ1v) is 4.68. The van der Waals surface area contributed by atoms with Crippen LogP contribution in [-0.2, 0) is 0 Å². The van der Waals surface area contributed by atoms with Gasteiger partial charge in [-0.3, -0.25) is 0 Å². The SMILES string of the molecule is COc1ccc2c(C#N)csc2c1. The Morgan fingerprint density at radius 3 is 3.00 bits per heavy atom. The van der Waals surface area contributed by atoms with Crippen molar-refractivity contribution in [3.63, 3.8) is 0 Å². The predicted molar refractivity (Wildman–Crippen MR) is 53.1 cm³/mol. The number of benzene rings is 1. The highest BCUT2D eigenvalue weighted by atomic mass is 32.1. The fourth-order valence-corrected chi connectivity index (χ4v) is 2.14. The molecule has 1 aromatic heterocycles. The molecule has 0 N–H and O–H groups in total. The molecule has 0 fully saturated rings. The van der Waals surface area contributed by atoms with E-state index in [4.69, 9.17) is 10.00 Å². The van der Waals surface area contributed by atoms with Crippen molar-refractivity contribution in [2.75, 3.05) is 7.11 Å². The second kappa shape index (κ2) is 3.08. The van der Waals surface area contributed by atoms with Gasteiger partial charge in [-0.1, -0.05) is 0 Å². The standard InChI is InChI=1S/C10H7NOS/c1-12-8-2-3-9-7(5-11)6-13-10(9)4-8/h2-4,6H,1H3. The number of nitrogens with zero attached hydrogens (tertiary/aromatic N) is 1. The van der Waals surface area contributed by atoms with Crippen LogP contribution in [0, 0.1) is 11.3 Å². The molecule has 0 aliphatic heterocycles. The van der Waals surface area contributed by atoms with E-state index in [0.717, 1.165) is 21.4 Å². The van der Waals surface area contributed by atoms with Gasteiger partial charge in [0.25, 0.3) is 0 Å². The Labute approximate surface area is 80.0 Å². The van der Waals surface area contributed by atoms with Crippen LogP contribution < -0.4 is 4.74 Å². The molecule has 0 unspecified atom stereocenters. The molecule has 0 amide bonds. The molecule has 2 rings (SSSR count). The average Bonchev–Trinajstić information content (AvgIpc) is 2.59. The first-order valence-electron chi connectivity index (χ1n) is 3.80. The maximum atomic E-state index is 8.78. The minimum absolute atomic E-state index is 0.739. The molecule has 2 aromatic rings. The van der Waals surface area contributed by atoms with Gasteiger partial charge in [0.2, 0.25) is 0 Å². The molecular weight excluding hydrogens is 182 g/mol. The predicted octanol–water partition coefficient (Wildman–Crippen LogP) is 2.78. The minimum atomic E-state index is 0.739. The molecule has 3 heteroatoms. The molecule has 1 heterocycles. The normalized spacial score (nSPS) is 9.85. The first-order chi connectivity index (χ1) is 6.35. The maximum Gasteiger partial charge on any atom is 0.120 e. The van der Waals surface area contributed by atoms with E-state index in [2.05, 4.69) is 6.07 Å². The van der Waals surface area contributed by atoms with Gasteiger partial charge >= 0.3 is 0 Å². The molecule has 1 aromatic carbocycles. The lowest BCUT2D eigenvalue weighted by atomic mass is 10.2. The third kappa shape index (κ3) is 1.25. The van der Waals surface area contributed by atoms with Crippen molar-refractivity contribution in [2.24, 2.45) is 0 Å². The molecule has 0 aliphatic rings. The molecule has 0 bridgehead atoms. The fourth-order valence-electron chi connectivity index (χ4n) is 1.22. The molecule has 2 nitrogen and oxygen atoms in total. The van der Waals surface area contributed by atoms with Crippen LogP contribution in [0.2, 0.25) is 0 Å². The Balaban J connectivity index is 2.70. The van der Waals surface area contributed by atoms with Crippen LogP contribution in [0.4, 0.5) is 0 Å². The summed E-state index contributed by atoms with van der Waals surface area (Å²) in [4.78, 5) is 0. The minimum Gasteiger partial charge on any atom is -0.497 e. The van der Waals surface area contributed by atoms with Gasteiger partial charge in [-0.05, 0) is 18.2 Å². The highest BCUT2D eigenvalue weighted by Gasteiger charge is 2.03. The smallest absolute Gasteiger partial charge is 0.120 e. The number of hydrogen-bond donors (Lipinski definition) is 0. The van der Waals surface area contributed by atoms with Gasteiger partial charge in [0, 0.05) is 15.5 Å². The molecule has 64 valence electrons. The number of nitriles is 1. The average molecular weight is 189 g/mol. The first kappa shape index (κ1) is 8.09. The number of rotatable bonds is 1. The topological polar surface area (TPSA) is 33.0 Å². The Kier molecular flexibility index (Phi) is 1.91.